The molecule has 0 atom stereocenters. The van der Waals surface area contributed by atoms with E-state index in [4.69, 9.17) is 27.9 Å². The quantitative estimate of drug-likeness (QED) is 0.309. The molecule has 0 saturated heterocycles. The maximum absolute atomic E-state index is 6.30. The number of aromatic amines is 1. The molecule has 0 spiro atoms. The predicted molar refractivity (Wildman–Crippen MR) is 107 cm³/mol. The van der Waals surface area contributed by atoms with Gasteiger partial charge < -0.3 is 14.6 Å². The topological polar surface area (TPSA) is 53.5 Å². The second-order valence-electron chi connectivity index (χ2n) is 5.23. The van der Waals surface area contributed by atoms with Gasteiger partial charge in [-0.25, -0.2) is 9.98 Å². The van der Waals surface area contributed by atoms with Gasteiger partial charge in [-0.05, 0) is 40.8 Å². The lowest BCUT2D eigenvalue weighted by Gasteiger charge is -2.10. The molecule has 8 heteroatoms. The van der Waals surface area contributed by atoms with E-state index >= 15 is 0 Å². The van der Waals surface area contributed by atoms with Crippen LogP contribution in [-0.2, 0) is 0 Å². The third-order valence-electron chi connectivity index (χ3n) is 3.08. The van der Waals surface area contributed by atoms with Crippen molar-refractivity contribution in [1.82, 2.24) is 14.9 Å². The lowest BCUT2D eigenvalue weighted by molar-refractivity contribution is 0.465. The zero-order chi connectivity index (χ0) is 17.3. The molecule has 3 aromatic rings. The first-order chi connectivity index (χ1) is 11.4. The minimum Gasteiger partial charge on any atom is -0.436 e. The van der Waals surface area contributed by atoms with Gasteiger partial charge in [-0.2, -0.15) is 0 Å². The van der Waals surface area contributed by atoms with Gasteiger partial charge in [0.25, 0.3) is 0 Å². The Morgan fingerprint density at radius 2 is 1.96 bits per heavy atom. The molecule has 0 radical (unpaired) electrons. The van der Waals surface area contributed by atoms with E-state index in [2.05, 4.69) is 37.6 Å². The molecule has 0 bridgehead atoms. The molecule has 0 unspecified atom stereocenters. The highest BCUT2D eigenvalue weighted by molar-refractivity contribution is 14.1. The Balaban J connectivity index is 1.92. The second-order valence-corrected chi connectivity index (χ2v) is 7.21. The molecule has 124 valence electrons. The maximum atomic E-state index is 6.30. The number of aliphatic imine (C=N–C) groups is 1. The summed E-state index contributed by atoms with van der Waals surface area (Å²) in [6, 6.07) is 7.06. The number of rotatable bonds is 4. The van der Waals surface area contributed by atoms with Crippen LogP contribution in [0.3, 0.4) is 0 Å². The summed E-state index contributed by atoms with van der Waals surface area (Å²) in [6.45, 7) is 0. The number of hydrogen-bond acceptors (Lipinski definition) is 3. The molecule has 3 rings (SSSR count). The van der Waals surface area contributed by atoms with Crippen molar-refractivity contribution >= 4 is 68.9 Å². The van der Waals surface area contributed by atoms with Crippen LogP contribution in [0.1, 0.15) is 0 Å². The van der Waals surface area contributed by atoms with Crippen LogP contribution in [0.2, 0.25) is 10.0 Å². The largest absolute Gasteiger partial charge is 0.436 e. The van der Waals surface area contributed by atoms with Crippen molar-refractivity contribution < 1.29 is 4.74 Å². The van der Waals surface area contributed by atoms with Crippen LogP contribution in [0.4, 0.5) is 5.69 Å². The summed E-state index contributed by atoms with van der Waals surface area (Å²) in [7, 11) is 3.77. The fraction of sp³-hybridized carbons (Fsp3) is 0.125. The van der Waals surface area contributed by atoms with E-state index in [1.807, 2.05) is 31.3 Å². The lowest BCUT2D eigenvalue weighted by Crippen LogP contribution is -2.06. The van der Waals surface area contributed by atoms with E-state index < -0.39 is 0 Å². The van der Waals surface area contributed by atoms with E-state index in [9.17, 15) is 0 Å². The number of aromatic nitrogens is 2. The van der Waals surface area contributed by atoms with Crippen molar-refractivity contribution in [2.24, 2.45) is 4.99 Å². The summed E-state index contributed by atoms with van der Waals surface area (Å²) in [6.07, 6.45) is 3.56. The SMILES string of the molecule is CN(C)C=Nc1cc(Cl)c(Oc2ccc3[nH]cc(I)c3n2)c(Cl)c1. The van der Waals surface area contributed by atoms with Gasteiger partial charge >= 0.3 is 0 Å². The minimum atomic E-state index is 0.361. The molecule has 24 heavy (non-hydrogen) atoms. The zero-order valence-corrected chi connectivity index (χ0v) is 16.5. The molecule has 0 aliphatic carbocycles. The van der Waals surface area contributed by atoms with Crippen molar-refractivity contribution in [3.05, 3.63) is 44.1 Å². The standard InChI is InChI=1S/C16H13Cl2IN4O/c1-23(2)8-21-9-5-10(17)16(11(18)6-9)24-14-4-3-13-15(22-14)12(19)7-20-13/h3-8,20H,1-2H3. The summed E-state index contributed by atoms with van der Waals surface area (Å²) in [5, 5.41) is 0.748. The fourth-order valence-electron chi connectivity index (χ4n) is 2.01. The van der Waals surface area contributed by atoms with Crippen LogP contribution in [0.25, 0.3) is 11.0 Å². The molecule has 0 aliphatic heterocycles. The Labute approximate surface area is 162 Å². The Morgan fingerprint density at radius 1 is 1.25 bits per heavy atom. The van der Waals surface area contributed by atoms with Gasteiger partial charge in [0, 0.05) is 26.4 Å². The molecule has 0 amide bonds. The molecule has 1 aromatic carbocycles. The van der Waals surface area contributed by atoms with Gasteiger partial charge in [-0.15, -0.1) is 0 Å². The first kappa shape index (κ1) is 17.3. The molecule has 0 aliphatic rings. The van der Waals surface area contributed by atoms with E-state index in [0.717, 1.165) is 14.6 Å². The number of ether oxygens (including phenoxy) is 1. The van der Waals surface area contributed by atoms with Gasteiger partial charge in [-0.1, -0.05) is 23.2 Å². The molecule has 2 heterocycles. The average molecular weight is 475 g/mol. The van der Waals surface area contributed by atoms with Gasteiger partial charge in [0.1, 0.15) is 5.52 Å². The number of pyridine rings is 1. The third kappa shape index (κ3) is 3.76. The normalized spacial score (nSPS) is 11.4. The van der Waals surface area contributed by atoms with E-state index in [0.29, 0.717) is 27.4 Å². The third-order valence-corrected chi connectivity index (χ3v) is 4.46. The van der Waals surface area contributed by atoms with Gasteiger partial charge in [0.2, 0.25) is 5.88 Å². The predicted octanol–water partition coefficient (Wildman–Crippen LogP) is 5.49. The highest BCUT2D eigenvalue weighted by Crippen LogP contribution is 2.39. The molecule has 0 fully saturated rings. The fourth-order valence-corrected chi connectivity index (χ4v) is 3.13. The Hall–Kier alpha value is -1.51. The van der Waals surface area contributed by atoms with Crippen LogP contribution in [0, 0.1) is 3.57 Å². The van der Waals surface area contributed by atoms with E-state index in [1.165, 1.54) is 0 Å². The summed E-state index contributed by atoms with van der Waals surface area (Å²) < 4.78 is 6.81. The second kappa shape index (κ2) is 7.16. The van der Waals surface area contributed by atoms with Crippen molar-refractivity contribution in [2.45, 2.75) is 0 Å². The molecule has 0 saturated carbocycles. The first-order valence-corrected chi connectivity index (χ1v) is 8.78. The van der Waals surface area contributed by atoms with Crippen molar-refractivity contribution in [1.29, 1.82) is 0 Å². The van der Waals surface area contributed by atoms with Crippen molar-refractivity contribution in [2.75, 3.05) is 14.1 Å². The molecular formula is C16H13Cl2IN4O. The van der Waals surface area contributed by atoms with Crippen molar-refractivity contribution in [3.63, 3.8) is 0 Å². The minimum absolute atomic E-state index is 0.361. The Morgan fingerprint density at radius 3 is 2.62 bits per heavy atom. The molecule has 5 nitrogen and oxygen atoms in total. The van der Waals surface area contributed by atoms with Crippen LogP contribution in [0.15, 0.2) is 35.5 Å². The summed E-state index contributed by atoms with van der Waals surface area (Å²) in [5.41, 5.74) is 2.43. The van der Waals surface area contributed by atoms with E-state index in [1.54, 1.807) is 24.5 Å². The summed E-state index contributed by atoms with van der Waals surface area (Å²) in [5.74, 6) is 0.785. The number of benzene rings is 1. The first-order valence-electron chi connectivity index (χ1n) is 6.95. The zero-order valence-electron chi connectivity index (χ0n) is 12.8. The van der Waals surface area contributed by atoms with Crippen LogP contribution >= 0.6 is 45.8 Å². The number of nitrogens with one attached hydrogen (secondary N) is 1. The van der Waals surface area contributed by atoms with Crippen LogP contribution < -0.4 is 4.74 Å². The Kier molecular flexibility index (Phi) is 5.17. The number of hydrogen-bond donors (Lipinski definition) is 1. The summed E-state index contributed by atoms with van der Waals surface area (Å²) >= 11 is 14.8. The molecule has 1 N–H and O–H groups in total. The van der Waals surface area contributed by atoms with E-state index in [-0.39, 0.29) is 0 Å². The van der Waals surface area contributed by atoms with Crippen molar-refractivity contribution in [3.8, 4) is 11.6 Å². The van der Waals surface area contributed by atoms with Gasteiger partial charge in [-0.3, -0.25) is 0 Å². The number of H-pyrrole nitrogens is 1. The highest BCUT2D eigenvalue weighted by Gasteiger charge is 2.13. The smallest absolute Gasteiger partial charge is 0.220 e. The molecule has 2 aromatic heterocycles. The van der Waals surface area contributed by atoms with Gasteiger partial charge in [0.05, 0.1) is 31.2 Å². The molecular weight excluding hydrogens is 462 g/mol. The highest BCUT2D eigenvalue weighted by atomic mass is 127. The van der Waals surface area contributed by atoms with Crippen LogP contribution in [-0.4, -0.2) is 35.3 Å². The number of nitrogens with zero attached hydrogens (tertiary/aromatic N) is 3. The Bertz CT molecular complexity index is 901. The average Bonchev–Trinajstić information content (AvgIpc) is 2.90. The lowest BCUT2D eigenvalue weighted by atomic mass is 10.3. The maximum Gasteiger partial charge on any atom is 0.220 e. The number of fused-ring (bicyclic) bond motifs is 1. The van der Waals surface area contributed by atoms with Crippen LogP contribution in [0.5, 0.6) is 11.6 Å². The summed E-state index contributed by atoms with van der Waals surface area (Å²) in [4.78, 5) is 13.7. The van der Waals surface area contributed by atoms with Gasteiger partial charge in [0.15, 0.2) is 5.75 Å². The monoisotopic (exact) mass is 474 g/mol. The number of halogens is 3.